The van der Waals surface area contributed by atoms with Gasteiger partial charge in [-0.25, -0.2) is 8.42 Å². The minimum absolute atomic E-state index is 0.0291. The molecule has 0 heterocycles. The molecule has 0 spiro atoms. The van der Waals surface area contributed by atoms with Crippen LogP contribution in [0.1, 0.15) is 19.8 Å². The van der Waals surface area contributed by atoms with E-state index >= 15 is 0 Å². The predicted molar refractivity (Wildman–Crippen MR) is 72.9 cm³/mol. The van der Waals surface area contributed by atoms with Gasteiger partial charge >= 0.3 is 0 Å². The van der Waals surface area contributed by atoms with Gasteiger partial charge in [-0.05, 0) is 20.5 Å². The molecule has 0 saturated heterocycles. The zero-order valence-electron chi connectivity index (χ0n) is 11.8. The van der Waals surface area contributed by atoms with E-state index in [2.05, 4.69) is 5.32 Å². The van der Waals surface area contributed by atoms with Crippen LogP contribution in [0.3, 0.4) is 0 Å². The number of likely N-dealkylation sites (N-methyl/N-ethyl adjacent to an activating group) is 1. The SMILES string of the molecule is CCCC(=O)NCCN(CCN(C)C)S(C)(=O)=O. The Labute approximate surface area is 110 Å². The van der Waals surface area contributed by atoms with Gasteiger partial charge in [-0.3, -0.25) is 4.79 Å². The molecular formula is C11H25N3O3S. The van der Waals surface area contributed by atoms with Crippen molar-refractivity contribution < 1.29 is 13.2 Å². The molecule has 108 valence electrons. The molecule has 0 saturated carbocycles. The van der Waals surface area contributed by atoms with Crippen LogP contribution >= 0.6 is 0 Å². The third-order valence-corrected chi connectivity index (χ3v) is 3.73. The Hall–Kier alpha value is -0.660. The van der Waals surface area contributed by atoms with Crippen molar-refractivity contribution in [3.63, 3.8) is 0 Å². The van der Waals surface area contributed by atoms with E-state index in [1.54, 1.807) is 0 Å². The lowest BCUT2D eigenvalue weighted by Gasteiger charge is -2.22. The second-order valence-corrected chi connectivity index (χ2v) is 6.55. The fraction of sp³-hybridized carbons (Fsp3) is 0.909. The van der Waals surface area contributed by atoms with Crippen molar-refractivity contribution in [3.8, 4) is 0 Å². The summed E-state index contributed by atoms with van der Waals surface area (Å²) in [4.78, 5) is 13.2. The molecule has 0 aromatic carbocycles. The molecule has 0 aliphatic carbocycles. The molecule has 0 bridgehead atoms. The molecule has 0 atom stereocenters. The number of sulfonamides is 1. The maximum atomic E-state index is 11.5. The smallest absolute Gasteiger partial charge is 0.220 e. The molecule has 0 aliphatic rings. The number of hydrogen-bond acceptors (Lipinski definition) is 4. The highest BCUT2D eigenvalue weighted by atomic mass is 32.2. The molecule has 0 aromatic rings. The van der Waals surface area contributed by atoms with Crippen LogP contribution in [-0.4, -0.2) is 70.1 Å². The molecular weight excluding hydrogens is 254 g/mol. The molecule has 1 amide bonds. The first-order chi connectivity index (χ1) is 8.27. The average Bonchev–Trinajstić information content (AvgIpc) is 2.21. The highest BCUT2D eigenvalue weighted by Gasteiger charge is 2.16. The van der Waals surface area contributed by atoms with E-state index in [1.807, 2.05) is 25.9 Å². The molecule has 0 radical (unpaired) electrons. The summed E-state index contributed by atoms with van der Waals surface area (Å²) in [5, 5.41) is 2.72. The van der Waals surface area contributed by atoms with Crippen molar-refractivity contribution in [2.45, 2.75) is 19.8 Å². The number of carbonyl (C=O) groups excluding carboxylic acids is 1. The Morgan fingerprint density at radius 2 is 1.78 bits per heavy atom. The van der Waals surface area contributed by atoms with Gasteiger partial charge < -0.3 is 10.2 Å². The van der Waals surface area contributed by atoms with E-state index in [1.165, 1.54) is 10.6 Å². The van der Waals surface area contributed by atoms with Gasteiger partial charge in [0.2, 0.25) is 15.9 Å². The van der Waals surface area contributed by atoms with Crippen LogP contribution in [0.4, 0.5) is 0 Å². The molecule has 7 heteroatoms. The van der Waals surface area contributed by atoms with Gasteiger partial charge in [-0.15, -0.1) is 0 Å². The van der Waals surface area contributed by atoms with E-state index < -0.39 is 10.0 Å². The Kier molecular flexibility index (Phi) is 8.13. The normalized spacial score (nSPS) is 12.1. The van der Waals surface area contributed by atoms with E-state index in [-0.39, 0.29) is 5.91 Å². The van der Waals surface area contributed by atoms with E-state index in [4.69, 9.17) is 0 Å². The van der Waals surface area contributed by atoms with E-state index in [0.717, 1.165) is 6.42 Å². The van der Waals surface area contributed by atoms with Gasteiger partial charge in [0.05, 0.1) is 6.26 Å². The van der Waals surface area contributed by atoms with Gasteiger partial charge in [0, 0.05) is 32.6 Å². The zero-order valence-corrected chi connectivity index (χ0v) is 12.6. The van der Waals surface area contributed by atoms with E-state index in [9.17, 15) is 13.2 Å². The Balaban J connectivity index is 4.14. The van der Waals surface area contributed by atoms with Crippen molar-refractivity contribution in [1.29, 1.82) is 0 Å². The number of nitrogens with zero attached hydrogens (tertiary/aromatic N) is 2. The first kappa shape index (κ1) is 17.3. The molecule has 1 N–H and O–H groups in total. The lowest BCUT2D eigenvalue weighted by atomic mass is 10.3. The zero-order chi connectivity index (χ0) is 14.2. The van der Waals surface area contributed by atoms with Gasteiger partial charge in [0.25, 0.3) is 0 Å². The summed E-state index contributed by atoms with van der Waals surface area (Å²) >= 11 is 0. The average molecular weight is 279 g/mol. The van der Waals surface area contributed by atoms with Crippen LogP contribution in [-0.2, 0) is 14.8 Å². The van der Waals surface area contributed by atoms with Crippen molar-refractivity contribution >= 4 is 15.9 Å². The second kappa shape index (κ2) is 8.44. The molecule has 0 rings (SSSR count). The first-order valence-electron chi connectivity index (χ1n) is 6.14. The van der Waals surface area contributed by atoms with Crippen molar-refractivity contribution in [2.24, 2.45) is 0 Å². The summed E-state index contributed by atoms with van der Waals surface area (Å²) in [7, 11) is 0.569. The molecule has 0 fully saturated rings. The Morgan fingerprint density at radius 3 is 2.22 bits per heavy atom. The highest BCUT2D eigenvalue weighted by molar-refractivity contribution is 7.88. The van der Waals surface area contributed by atoms with Gasteiger partial charge in [-0.1, -0.05) is 6.92 Å². The summed E-state index contributed by atoms with van der Waals surface area (Å²) in [6, 6.07) is 0. The Bertz CT molecular complexity index is 341. The van der Waals surface area contributed by atoms with Crippen LogP contribution in [0.15, 0.2) is 0 Å². The van der Waals surface area contributed by atoms with Crippen LogP contribution in [0.2, 0.25) is 0 Å². The topological polar surface area (TPSA) is 69.7 Å². The fourth-order valence-electron chi connectivity index (χ4n) is 1.39. The Morgan fingerprint density at radius 1 is 1.17 bits per heavy atom. The second-order valence-electron chi connectivity index (χ2n) is 4.57. The third kappa shape index (κ3) is 8.43. The molecule has 0 aromatic heterocycles. The fourth-order valence-corrected chi connectivity index (χ4v) is 2.23. The molecule has 0 aliphatic heterocycles. The molecule has 18 heavy (non-hydrogen) atoms. The summed E-state index contributed by atoms with van der Waals surface area (Å²) < 4.78 is 24.5. The van der Waals surface area contributed by atoms with Crippen LogP contribution in [0.25, 0.3) is 0 Å². The minimum Gasteiger partial charge on any atom is -0.355 e. The maximum Gasteiger partial charge on any atom is 0.220 e. The summed E-state index contributed by atoms with van der Waals surface area (Å²) in [5.74, 6) is -0.0291. The van der Waals surface area contributed by atoms with Crippen molar-refractivity contribution in [2.75, 3.05) is 46.5 Å². The largest absolute Gasteiger partial charge is 0.355 e. The minimum atomic E-state index is -3.22. The number of carbonyl (C=O) groups is 1. The lowest BCUT2D eigenvalue weighted by Crippen LogP contribution is -2.41. The number of amides is 1. The lowest BCUT2D eigenvalue weighted by molar-refractivity contribution is -0.121. The van der Waals surface area contributed by atoms with Crippen LogP contribution < -0.4 is 5.32 Å². The van der Waals surface area contributed by atoms with Gasteiger partial charge in [0.15, 0.2) is 0 Å². The van der Waals surface area contributed by atoms with Crippen LogP contribution in [0.5, 0.6) is 0 Å². The molecule has 6 nitrogen and oxygen atoms in total. The molecule has 0 unspecified atom stereocenters. The third-order valence-electron chi connectivity index (χ3n) is 2.43. The van der Waals surface area contributed by atoms with E-state index in [0.29, 0.717) is 32.6 Å². The summed E-state index contributed by atoms with van der Waals surface area (Å²) in [6.07, 6.45) is 2.47. The predicted octanol–water partition coefficient (Wildman–Crippen LogP) is -0.274. The number of hydrogen-bond donors (Lipinski definition) is 1. The number of rotatable bonds is 9. The van der Waals surface area contributed by atoms with Crippen molar-refractivity contribution in [3.05, 3.63) is 0 Å². The number of nitrogens with one attached hydrogen (secondary N) is 1. The monoisotopic (exact) mass is 279 g/mol. The van der Waals surface area contributed by atoms with Gasteiger partial charge in [0.1, 0.15) is 0 Å². The summed E-state index contributed by atoms with van der Waals surface area (Å²) in [6.45, 7) is 3.71. The van der Waals surface area contributed by atoms with Crippen LogP contribution in [0, 0.1) is 0 Å². The highest BCUT2D eigenvalue weighted by Crippen LogP contribution is 1.97. The maximum absolute atomic E-state index is 11.5. The summed E-state index contributed by atoms with van der Waals surface area (Å²) in [5.41, 5.74) is 0. The van der Waals surface area contributed by atoms with Gasteiger partial charge in [-0.2, -0.15) is 4.31 Å². The first-order valence-corrected chi connectivity index (χ1v) is 7.98. The quantitative estimate of drug-likeness (QED) is 0.630. The van der Waals surface area contributed by atoms with Crippen molar-refractivity contribution in [1.82, 2.24) is 14.5 Å². The standard InChI is InChI=1S/C11H25N3O3S/c1-5-6-11(15)12-7-8-14(18(4,16)17)10-9-13(2)3/h5-10H2,1-4H3,(H,12,15).